The number of carbonyl (C=O) groups excluding carboxylic acids is 1. The number of benzene rings is 1. The highest BCUT2D eigenvalue weighted by Crippen LogP contribution is 2.36. The van der Waals surface area contributed by atoms with Crippen molar-refractivity contribution in [3.8, 4) is 0 Å². The van der Waals surface area contributed by atoms with Gasteiger partial charge in [0.15, 0.2) is 0 Å². The van der Waals surface area contributed by atoms with Gasteiger partial charge in [0.2, 0.25) is 5.91 Å². The van der Waals surface area contributed by atoms with Crippen LogP contribution in [0.3, 0.4) is 0 Å². The third kappa shape index (κ3) is 2.68. The molecule has 4 nitrogen and oxygen atoms in total. The van der Waals surface area contributed by atoms with Gasteiger partial charge in [0, 0.05) is 17.9 Å². The zero-order valence-corrected chi connectivity index (χ0v) is 11.2. The van der Waals surface area contributed by atoms with Crippen LogP contribution in [0.4, 0.5) is 0 Å². The molecule has 17 heavy (non-hydrogen) atoms. The van der Waals surface area contributed by atoms with Gasteiger partial charge in [-0.3, -0.25) is 10.2 Å². The van der Waals surface area contributed by atoms with E-state index in [2.05, 4.69) is 32.8 Å². The summed E-state index contributed by atoms with van der Waals surface area (Å²) >= 11 is 3.45. The van der Waals surface area contributed by atoms with Gasteiger partial charge in [-0.2, -0.15) is 0 Å². The topological polar surface area (TPSA) is 50.4 Å². The number of hydrazine groups is 1. The van der Waals surface area contributed by atoms with Gasteiger partial charge in [0.05, 0.1) is 18.6 Å². The Labute approximate surface area is 109 Å². The predicted octanol–water partition coefficient (Wildman–Crippen LogP) is 1.36. The van der Waals surface area contributed by atoms with E-state index in [0.717, 1.165) is 10.0 Å². The number of hydrogen-bond donors (Lipinski definition) is 2. The van der Waals surface area contributed by atoms with Crippen LogP contribution in [0.1, 0.15) is 12.0 Å². The van der Waals surface area contributed by atoms with Crippen molar-refractivity contribution in [1.82, 2.24) is 10.9 Å². The summed E-state index contributed by atoms with van der Waals surface area (Å²) in [5.74, 6) is -0.0178. The van der Waals surface area contributed by atoms with Gasteiger partial charge in [-0.05, 0) is 17.7 Å². The van der Waals surface area contributed by atoms with E-state index < -0.39 is 0 Å². The third-order valence-electron chi connectivity index (χ3n) is 2.96. The number of hydrogen-bond acceptors (Lipinski definition) is 3. The monoisotopic (exact) mass is 298 g/mol. The molecule has 1 aliphatic rings. The van der Waals surface area contributed by atoms with E-state index in [1.54, 1.807) is 7.05 Å². The molecule has 2 N–H and O–H groups in total. The highest BCUT2D eigenvalue weighted by atomic mass is 79.9. The molecule has 0 atom stereocenters. The molecular formula is C12H15BrN2O2. The summed E-state index contributed by atoms with van der Waals surface area (Å²) in [5, 5.41) is 0. The maximum absolute atomic E-state index is 11.7. The van der Waals surface area contributed by atoms with E-state index >= 15 is 0 Å². The zero-order chi connectivity index (χ0) is 12.3. The summed E-state index contributed by atoms with van der Waals surface area (Å²) in [5.41, 5.74) is 6.22. The van der Waals surface area contributed by atoms with Crippen molar-refractivity contribution in [3.63, 3.8) is 0 Å². The number of ether oxygens (including phenoxy) is 1. The van der Waals surface area contributed by atoms with Crippen molar-refractivity contribution in [2.75, 3.05) is 20.3 Å². The van der Waals surface area contributed by atoms with E-state index in [4.69, 9.17) is 4.74 Å². The molecule has 0 radical (unpaired) electrons. The van der Waals surface area contributed by atoms with Crippen molar-refractivity contribution in [2.24, 2.45) is 0 Å². The molecule has 1 fully saturated rings. The molecule has 0 bridgehead atoms. The smallest absolute Gasteiger partial charge is 0.235 e. The molecule has 1 aromatic rings. The second-order valence-electron chi connectivity index (χ2n) is 4.26. The van der Waals surface area contributed by atoms with Gasteiger partial charge < -0.3 is 4.74 Å². The lowest BCUT2D eigenvalue weighted by Gasteiger charge is -2.41. The largest absolute Gasteiger partial charge is 0.379 e. The molecule has 5 heteroatoms. The van der Waals surface area contributed by atoms with Crippen LogP contribution < -0.4 is 10.9 Å². The molecule has 0 saturated carbocycles. The summed E-state index contributed by atoms with van der Waals surface area (Å²) < 4.78 is 6.32. The minimum Gasteiger partial charge on any atom is -0.379 e. The Hall–Kier alpha value is -0.910. The second kappa shape index (κ2) is 5.16. The van der Waals surface area contributed by atoms with Gasteiger partial charge >= 0.3 is 0 Å². The first kappa shape index (κ1) is 12.5. The molecule has 92 valence electrons. The van der Waals surface area contributed by atoms with Crippen molar-refractivity contribution in [3.05, 3.63) is 34.3 Å². The van der Waals surface area contributed by atoms with Gasteiger partial charge in [-0.25, -0.2) is 5.43 Å². The number of amides is 1. The van der Waals surface area contributed by atoms with Crippen molar-refractivity contribution in [1.29, 1.82) is 0 Å². The van der Waals surface area contributed by atoms with Crippen LogP contribution in [0.25, 0.3) is 0 Å². The molecule has 1 aromatic carbocycles. The number of halogens is 1. The fraction of sp³-hybridized carbons (Fsp3) is 0.417. The molecule has 1 aliphatic heterocycles. The number of carbonyl (C=O) groups is 1. The lowest BCUT2D eigenvalue weighted by molar-refractivity contribution is -0.130. The highest BCUT2D eigenvalue weighted by molar-refractivity contribution is 9.10. The SMILES string of the molecule is CNNC(=O)CC1(c2cccc(Br)c2)COC1. The molecular weight excluding hydrogens is 284 g/mol. The van der Waals surface area contributed by atoms with E-state index in [0.29, 0.717) is 19.6 Å². The molecule has 0 aromatic heterocycles. The minimum atomic E-state index is -0.176. The third-order valence-corrected chi connectivity index (χ3v) is 3.45. The average molecular weight is 299 g/mol. The summed E-state index contributed by atoms with van der Waals surface area (Å²) in [6.07, 6.45) is 0.435. The second-order valence-corrected chi connectivity index (χ2v) is 5.17. The van der Waals surface area contributed by atoms with Crippen LogP contribution in [0.5, 0.6) is 0 Å². The maximum atomic E-state index is 11.7. The maximum Gasteiger partial charge on any atom is 0.235 e. The Balaban J connectivity index is 2.17. The van der Waals surface area contributed by atoms with E-state index in [1.165, 1.54) is 0 Å². The van der Waals surface area contributed by atoms with Crippen LogP contribution in [-0.2, 0) is 14.9 Å². The first-order valence-electron chi connectivity index (χ1n) is 5.46. The molecule has 1 heterocycles. The molecule has 0 spiro atoms. The van der Waals surface area contributed by atoms with Gasteiger partial charge in [-0.1, -0.05) is 28.1 Å². The van der Waals surface area contributed by atoms with Crippen LogP contribution >= 0.6 is 15.9 Å². The highest BCUT2D eigenvalue weighted by Gasteiger charge is 2.42. The van der Waals surface area contributed by atoms with E-state index in [1.807, 2.05) is 18.2 Å². The van der Waals surface area contributed by atoms with Gasteiger partial charge in [-0.15, -0.1) is 0 Å². The quantitative estimate of drug-likeness (QED) is 0.825. The van der Waals surface area contributed by atoms with Crippen LogP contribution in [0.15, 0.2) is 28.7 Å². The Kier molecular flexibility index (Phi) is 3.81. The first-order chi connectivity index (χ1) is 8.16. The summed E-state index contributed by atoms with van der Waals surface area (Å²) in [6, 6.07) is 8.05. The average Bonchev–Trinajstić information content (AvgIpc) is 2.24. The molecule has 2 rings (SSSR count). The predicted molar refractivity (Wildman–Crippen MR) is 68.5 cm³/mol. The van der Waals surface area contributed by atoms with Crippen molar-refractivity contribution in [2.45, 2.75) is 11.8 Å². The fourth-order valence-corrected chi connectivity index (χ4v) is 2.43. The van der Waals surface area contributed by atoms with E-state index in [-0.39, 0.29) is 11.3 Å². The minimum absolute atomic E-state index is 0.0178. The summed E-state index contributed by atoms with van der Waals surface area (Å²) in [7, 11) is 1.68. The molecule has 1 amide bonds. The summed E-state index contributed by atoms with van der Waals surface area (Å²) in [4.78, 5) is 11.7. The Morgan fingerprint density at radius 1 is 1.53 bits per heavy atom. The van der Waals surface area contributed by atoms with E-state index in [9.17, 15) is 4.79 Å². The van der Waals surface area contributed by atoms with Gasteiger partial charge in [0.25, 0.3) is 0 Å². The lowest BCUT2D eigenvalue weighted by Crippen LogP contribution is -2.51. The Morgan fingerprint density at radius 3 is 2.82 bits per heavy atom. The zero-order valence-electron chi connectivity index (χ0n) is 9.63. The van der Waals surface area contributed by atoms with Gasteiger partial charge in [0.1, 0.15) is 0 Å². The van der Waals surface area contributed by atoms with Crippen LogP contribution in [-0.4, -0.2) is 26.2 Å². The molecule has 0 unspecified atom stereocenters. The fourth-order valence-electron chi connectivity index (χ4n) is 2.03. The molecule has 1 saturated heterocycles. The van der Waals surface area contributed by atoms with Crippen molar-refractivity contribution >= 4 is 21.8 Å². The van der Waals surface area contributed by atoms with Crippen LogP contribution in [0.2, 0.25) is 0 Å². The van der Waals surface area contributed by atoms with Crippen LogP contribution in [0, 0.1) is 0 Å². The Morgan fingerprint density at radius 2 is 2.29 bits per heavy atom. The first-order valence-corrected chi connectivity index (χ1v) is 6.25. The normalized spacial score (nSPS) is 17.3. The standard InChI is InChI=1S/C12H15BrN2O2/c1-14-15-11(16)6-12(7-17-8-12)9-3-2-4-10(13)5-9/h2-5,14H,6-8H2,1H3,(H,15,16). The Bertz CT molecular complexity index is 419. The van der Waals surface area contributed by atoms with Crippen molar-refractivity contribution < 1.29 is 9.53 Å². The number of rotatable bonds is 4. The number of nitrogens with one attached hydrogen (secondary N) is 2. The lowest BCUT2D eigenvalue weighted by atomic mass is 9.76. The summed E-state index contributed by atoms with van der Waals surface area (Å²) in [6.45, 7) is 1.20. The molecule has 0 aliphatic carbocycles.